The molecule has 4 N–H and O–H groups in total. The van der Waals surface area contributed by atoms with Gasteiger partial charge >= 0.3 is 5.92 Å². The van der Waals surface area contributed by atoms with Gasteiger partial charge in [0, 0.05) is 6.20 Å². The molecule has 2 heterocycles. The molecule has 0 aromatic rings. The number of halogens is 2. The third kappa shape index (κ3) is 2.62. The van der Waals surface area contributed by atoms with Gasteiger partial charge < -0.3 is 25.6 Å². The predicted molar refractivity (Wildman–Crippen MR) is 71.2 cm³/mol. The van der Waals surface area contributed by atoms with E-state index in [0.717, 1.165) is 4.90 Å². The molecule has 0 aliphatic carbocycles. The number of aliphatic imine (C=N–C) groups is 1. The number of rotatable bonds is 2. The van der Waals surface area contributed by atoms with Gasteiger partial charge in [0.2, 0.25) is 0 Å². The number of aliphatic hydroxyl groups excluding tert-OH is 2. The highest BCUT2D eigenvalue weighted by molar-refractivity contribution is 6.23. The number of amidine groups is 1. The number of ether oxygens (including phenoxy) is 1. The van der Waals surface area contributed by atoms with E-state index in [4.69, 9.17) is 23.4 Å². The van der Waals surface area contributed by atoms with Crippen LogP contribution in [0.25, 0.3) is 0 Å². The molecular weight excluding hydrogens is 283 g/mol. The van der Waals surface area contributed by atoms with Crippen molar-refractivity contribution in [3.63, 3.8) is 0 Å². The lowest BCUT2D eigenvalue weighted by molar-refractivity contribution is -0.163. The second-order valence-electron chi connectivity index (χ2n) is 4.73. The number of hydrogen-bond acceptors (Lipinski definition) is 6. The van der Waals surface area contributed by atoms with Crippen molar-refractivity contribution in [3.05, 3.63) is 11.8 Å². The van der Waals surface area contributed by atoms with E-state index in [9.17, 15) is 13.9 Å². The highest BCUT2D eigenvalue weighted by Gasteiger charge is 2.60. The van der Waals surface area contributed by atoms with Crippen LogP contribution in [0, 0.1) is 11.7 Å². The predicted octanol–water partition coefficient (Wildman–Crippen LogP) is -1.27. The second-order valence-corrected chi connectivity index (χ2v) is 4.73. The van der Waals surface area contributed by atoms with Crippen LogP contribution in [0.5, 0.6) is 0 Å². The Kier molecular flexibility index (Phi) is 4.23. The van der Waals surface area contributed by atoms with Gasteiger partial charge in [0.25, 0.3) is 0 Å². The van der Waals surface area contributed by atoms with Crippen molar-refractivity contribution in [2.45, 2.75) is 37.4 Å². The van der Waals surface area contributed by atoms with Crippen molar-refractivity contribution in [3.8, 4) is 11.7 Å². The first-order chi connectivity index (χ1) is 9.82. The van der Waals surface area contributed by atoms with Crippen LogP contribution in [0.2, 0.25) is 0 Å². The van der Waals surface area contributed by atoms with Gasteiger partial charge in [-0.2, -0.15) is 14.6 Å². The van der Waals surface area contributed by atoms with E-state index in [1.165, 1.54) is 13.1 Å². The number of nitrogens with zero attached hydrogens (tertiary/aromatic N) is 2. The van der Waals surface area contributed by atoms with Crippen LogP contribution >= 0.6 is 0 Å². The first-order valence-corrected chi connectivity index (χ1v) is 6.19. The highest BCUT2D eigenvalue weighted by Crippen LogP contribution is 2.39. The number of hydrogen-bond donors (Lipinski definition) is 3. The van der Waals surface area contributed by atoms with Crippen LogP contribution in [0.3, 0.4) is 0 Å². The Morgan fingerprint density at radius 1 is 1.62 bits per heavy atom. The zero-order valence-electron chi connectivity index (χ0n) is 11.2. The van der Waals surface area contributed by atoms with Crippen LogP contribution in [0.4, 0.5) is 8.78 Å². The SMILES string of the molecule is [B]C#CC1=CN(C2OC(CO)C(O)C2(F)F)C(C)N=C1N. The molecule has 2 aliphatic rings. The molecule has 0 amide bonds. The van der Waals surface area contributed by atoms with Crippen molar-refractivity contribution in [1.82, 2.24) is 4.90 Å². The summed E-state index contributed by atoms with van der Waals surface area (Å²) in [7, 11) is 5.09. The van der Waals surface area contributed by atoms with E-state index in [-0.39, 0.29) is 11.4 Å². The van der Waals surface area contributed by atoms with Crippen LogP contribution in [0.1, 0.15) is 6.92 Å². The minimum atomic E-state index is -3.58. The fourth-order valence-corrected chi connectivity index (χ4v) is 2.23. The highest BCUT2D eigenvalue weighted by atomic mass is 19.3. The Balaban J connectivity index is 2.34. The third-order valence-electron chi connectivity index (χ3n) is 3.35. The Bertz CT molecular complexity index is 544. The number of nitrogens with two attached hydrogens (primary N) is 1. The van der Waals surface area contributed by atoms with Crippen LogP contribution in [-0.2, 0) is 4.74 Å². The number of aliphatic hydroxyl groups is 2. The zero-order valence-corrected chi connectivity index (χ0v) is 11.2. The topological polar surface area (TPSA) is 91.3 Å². The Labute approximate surface area is 121 Å². The van der Waals surface area contributed by atoms with Crippen molar-refractivity contribution in [2.75, 3.05) is 6.61 Å². The van der Waals surface area contributed by atoms with Gasteiger partial charge in [-0.15, -0.1) is 0 Å². The van der Waals surface area contributed by atoms with Crippen LogP contribution in [0.15, 0.2) is 16.8 Å². The lowest BCUT2D eigenvalue weighted by atomic mass is 10.1. The average Bonchev–Trinajstić information content (AvgIpc) is 2.65. The van der Waals surface area contributed by atoms with E-state index in [1.54, 1.807) is 0 Å². The molecule has 2 aliphatic heterocycles. The molecule has 0 saturated carbocycles. The maximum atomic E-state index is 14.1. The molecule has 4 atom stereocenters. The first kappa shape index (κ1) is 15.8. The Morgan fingerprint density at radius 2 is 2.29 bits per heavy atom. The minimum Gasteiger partial charge on any atom is -0.394 e. The normalized spacial score (nSPS) is 34.8. The van der Waals surface area contributed by atoms with E-state index >= 15 is 0 Å². The lowest BCUT2D eigenvalue weighted by Gasteiger charge is -2.36. The molecule has 0 bridgehead atoms. The van der Waals surface area contributed by atoms with Crippen molar-refractivity contribution in [2.24, 2.45) is 10.7 Å². The van der Waals surface area contributed by atoms with E-state index in [2.05, 4.69) is 16.7 Å². The maximum Gasteiger partial charge on any atom is 0.319 e. The molecule has 6 nitrogen and oxygen atoms in total. The molecule has 4 unspecified atom stereocenters. The number of alkyl halides is 2. The molecule has 9 heteroatoms. The molecule has 0 aromatic heterocycles. The summed E-state index contributed by atoms with van der Waals surface area (Å²) in [6, 6.07) is 0. The minimum absolute atomic E-state index is 0.0808. The third-order valence-corrected chi connectivity index (χ3v) is 3.35. The van der Waals surface area contributed by atoms with Gasteiger partial charge in [0.1, 0.15) is 18.1 Å². The molecule has 1 fully saturated rings. The quantitative estimate of drug-likeness (QED) is 0.437. The second kappa shape index (κ2) is 5.64. The summed E-state index contributed by atoms with van der Waals surface area (Å²) in [5.74, 6) is 1.07. The first-order valence-electron chi connectivity index (χ1n) is 6.19. The standard InChI is InChI=1S/C12H14BF2N3O3/c1-6-17-10(16)7(2-3-13)4-18(6)11-12(14,15)9(20)8(5-19)21-11/h4,6,8-9,11,19-20H,5H2,1H3,(H2,16,17). The summed E-state index contributed by atoms with van der Waals surface area (Å²) >= 11 is 0. The van der Waals surface area contributed by atoms with Gasteiger partial charge in [0.15, 0.2) is 20.2 Å². The summed E-state index contributed by atoms with van der Waals surface area (Å²) in [6.07, 6.45) is -4.75. The average molecular weight is 297 g/mol. The van der Waals surface area contributed by atoms with E-state index < -0.39 is 37.1 Å². The molecule has 0 aromatic carbocycles. The Hall–Kier alpha value is -1.63. The Morgan fingerprint density at radius 3 is 2.81 bits per heavy atom. The van der Waals surface area contributed by atoms with Crippen LogP contribution in [-0.4, -0.2) is 65.9 Å². The molecular formula is C12H14BF2N3O3. The molecule has 112 valence electrons. The van der Waals surface area contributed by atoms with E-state index in [0.29, 0.717) is 0 Å². The zero-order chi connectivity index (χ0) is 15.8. The monoisotopic (exact) mass is 297 g/mol. The summed E-state index contributed by atoms with van der Waals surface area (Å²) in [5, 5.41) is 18.5. The summed E-state index contributed by atoms with van der Waals surface area (Å²) in [5.41, 5.74) is 5.82. The fourth-order valence-electron chi connectivity index (χ4n) is 2.23. The molecule has 0 spiro atoms. The van der Waals surface area contributed by atoms with Crippen molar-refractivity contribution < 1.29 is 23.7 Å². The van der Waals surface area contributed by atoms with E-state index in [1.807, 2.05) is 0 Å². The van der Waals surface area contributed by atoms with Gasteiger partial charge in [-0.3, -0.25) is 0 Å². The van der Waals surface area contributed by atoms with Gasteiger partial charge in [-0.1, -0.05) is 5.92 Å². The van der Waals surface area contributed by atoms with Gasteiger partial charge in [0.05, 0.1) is 12.2 Å². The molecule has 1 saturated heterocycles. The largest absolute Gasteiger partial charge is 0.394 e. The fraction of sp³-hybridized carbons (Fsp3) is 0.583. The maximum absolute atomic E-state index is 14.1. The summed E-state index contributed by atoms with van der Waals surface area (Å²) in [4.78, 5) is 5.08. The van der Waals surface area contributed by atoms with Crippen molar-refractivity contribution in [1.29, 1.82) is 0 Å². The van der Waals surface area contributed by atoms with Crippen LogP contribution < -0.4 is 5.73 Å². The molecule has 21 heavy (non-hydrogen) atoms. The summed E-state index contributed by atoms with van der Waals surface area (Å²) in [6.45, 7) is 0.814. The van der Waals surface area contributed by atoms with Gasteiger partial charge in [-0.05, 0) is 6.92 Å². The lowest BCUT2D eigenvalue weighted by Crippen LogP contribution is -2.51. The van der Waals surface area contributed by atoms with Gasteiger partial charge in [-0.25, -0.2) is 4.99 Å². The molecule has 2 radical (unpaired) electrons. The smallest absolute Gasteiger partial charge is 0.319 e. The summed E-state index contributed by atoms with van der Waals surface area (Å²) < 4.78 is 33.3. The van der Waals surface area contributed by atoms with Crippen molar-refractivity contribution >= 4 is 13.7 Å². The molecule has 2 rings (SSSR count).